The first kappa shape index (κ1) is 27.4. The predicted molar refractivity (Wildman–Crippen MR) is 210 cm³/mol. The summed E-state index contributed by atoms with van der Waals surface area (Å²) in [5.74, 6) is 0. The Morgan fingerprint density at radius 2 is 0.800 bits per heavy atom. The number of aromatic nitrogens is 2. The highest BCUT2D eigenvalue weighted by molar-refractivity contribution is 7.00. The van der Waals surface area contributed by atoms with Gasteiger partial charge in [0.15, 0.2) is 0 Å². The molecule has 9 aromatic rings. The molecule has 3 nitrogen and oxygen atoms in total. The molecule has 0 unspecified atom stereocenters. The predicted octanol–water partition coefficient (Wildman–Crippen LogP) is 9.52. The van der Waals surface area contributed by atoms with Crippen LogP contribution in [0.1, 0.15) is 0 Å². The van der Waals surface area contributed by atoms with E-state index in [2.05, 4.69) is 196 Å². The average molecular weight is 636 g/mol. The summed E-state index contributed by atoms with van der Waals surface area (Å²) < 4.78 is 5.09. The van der Waals surface area contributed by atoms with E-state index in [1.807, 2.05) is 0 Å². The Morgan fingerprint density at radius 1 is 0.380 bits per heavy atom. The first-order valence-corrected chi connectivity index (χ1v) is 17.3. The zero-order valence-electron chi connectivity index (χ0n) is 27.2. The smallest absolute Gasteiger partial charge is 0.252 e. The summed E-state index contributed by atoms with van der Waals surface area (Å²) in [4.78, 5) is 2.40. The monoisotopic (exact) mass is 635 g/mol. The Balaban J connectivity index is 1.32. The fourth-order valence-electron chi connectivity index (χ4n) is 8.67. The number of rotatable bonds is 5. The number of fused-ring (bicyclic) bond motifs is 4. The van der Waals surface area contributed by atoms with Crippen LogP contribution in [0.4, 0.5) is 17.1 Å². The third kappa shape index (κ3) is 3.82. The fraction of sp³-hybridized carbons (Fsp3) is 0. The molecule has 0 amide bonds. The van der Waals surface area contributed by atoms with Gasteiger partial charge < -0.3 is 14.0 Å². The minimum Gasteiger partial charge on any atom is -0.310 e. The highest BCUT2D eigenvalue weighted by Gasteiger charge is 2.41. The average Bonchev–Trinajstić information content (AvgIpc) is 3.78. The molecule has 2 aliphatic heterocycles. The van der Waals surface area contributed by atoms with Gasteiger partial charge in [-0.05, 0) is 76.0 Å². The number of hydrogen-bond acceptors (Lipinski definition) is 1. The molecule has 0 fully saturated rings. The molecular formula is C46H30BN3. The van der Waals surface area contributed by atoms with E-state index < -0.39 is 0 Å². The Hall–Kier alpha value is -6.52. The molecule has 4 heterocycles. The van der Waals surface area contributed by atoms with Crippen molar-refractivity contribution in [2.24, 2.45) is 0 Å². The van der Waals surface area contributed by atoms with Crippen LogP contribution in [0.5, 0.6) is 0 Å². The molecule has 0 saturated carbocycles. The molecule has 0 bridgehead atoms. The van der Waals surface area contributed by atoms with Gasteiger partial charge in [0.05, 0.1) is 17.1 Å². The highest BCUT2D eigenvalue weighted by atomic mass is 15.2. The molecule has 0 N–H and O–H groups in total. The molecule has 2 aromatic heterocycles. The lowest BCUT2D eigenvalue weighted by atomic mass is 9.34. The van der Waals surface area contributed by atoms with Crippen LogP contribution in [0.25, 0.3) is 55.7 Å². The quantitative estimate of drug-likeness (QED) is 0.172. The molecule has 7 aromatic carbocycles. The number of anilines is 3. The number of hydrogen-bond donors (Lipinski definition) is 0. The van der Waals surface area contributed by atoms with Crippen LogP contribution in [-0.4, -0.2) is 15.8 Å². The zero-order chi connectivity index (χ0) is 32.8. The van der Waals surface area contributed by atoms with E-state index in [1.54, 1.807) is 0 Å². The minimum atomic E-state index is 0.0976. The van der Waals surface area contributed by atoms with Crippen LogP contribution in [0, 0.1) is 0 Å². The van der Waals surface area contributed by atoms with E-state index in [0.717, 1.165) is 17.1 Å². The van der Waals surface area contributed by atoms with Crippen molar-refractivity contribution in [3.8, 4) is 33.9 Å². The van der Waals surface area contributed by atoms with Crippen molar-refractivity contribution in [1.82, 2.24) is 9.13 Å². The maximum Gasteiger partial charge on any atom is 0.252 e. The number of benzene rings is 7. The Bertz CT molecular complexity index is 2560. The second kappa shape index (κ2) is 10.5. The van der Waals surface area contributed by atoms with Crippen LogP contribution in [0.3, 0.4) is 0 Å². The number of nitrogens with zero attached hydrogens (tertiary/aromatic N) is 3. The Kier molecular flexibility index (Phi) is 5.76. The summed E-state index contributed by atoms with van der Waals surface area (Å²) in [6.07, 6.45) is 0. The summed E-state index contributed by atoms with van der Waals surface area (Å²) >= 11 is 0. The van der Waals surface area contributed by atoms with Crippen molar-refractivity contribution in [3.05, 3.63) is 182 Å². The lowest BCUT2D eigenvalue weighted by Crippen LogP contribution is -2.59. The minimum absolute atomic E-state index is 0.0976. The van der Waals surface area contributed by atoms with E-state index in [-0.39, 0.29) is 6.71 Å². The summed E-state index contributed by atoms with van der Waals surface area (Å²) in [6.45, 7) is 0.0976. The summed E-state index contributed by atoms with van der Waals surface area (Å²) in [6, 6.07) is 66.6. The summed E-state index contributed by atoms with van der Waals surface area (Å²) in [7, 11) is 0. The van der Waals surface area contributed by atoms with Crippen molar-refractivity contribution in [3.63, 3.8) is 0 Å². The molecule has 4 heteroatoms. The van der Waals surface area contributed by atoms with Crippen LogP contribution < -0.4 is 21.3 Å². The van der Waals surface area contributed by atoms with E-state index in [9.17, 15) is 0 Å². The Labute approximate surface area is 291 Å². The van der Waals surface area contributed by atoms with Crippen molar-refractivity contribution in [1.29, 1.82) is 0 Å². The normalized spacial score (nSPS) is 12.4. The van der Waals surface area contributed by atoms with Crippen LogP contribution in [-0.2, 0) is 0 Å². The van der Waals surface area contributed by atoms with Gasteiger partial charge >= 0.3 is 0 Å². The van der Waals surface area contributed by atoms with Gasteiger partial charge in [-0.3, -0.25) is 0 Å². The van der Waals surface area contributed by atoms with Crippen molar-refractivity contribution < 1.29 is 0 Å². The molecular weight excluding hydrogens is 605 g/mol. The molecule has 11 rings (SSSR count). The zero-order valence-corrected chi connectivity index (χ0v) is 27.2. The van der Waals surface area contributed by atoms with Crippen molar-refractivity contribution in [2.45, 2.75) is 0 Å². The molecule has 0 radical (unpaired) electrons. The van der Waals surface area contributed by atoms with Gasteiger partial charge in [0.25, 0.3) is 6.71 Å². The van der Waals surface area contributed by atoms with Gasteiger partial charge in [-0.25, -0.2) is 0 Å². The largest absolute Gasteiger partial charge is 0.310 e. The van der Waals surface area contributed by atoms with Gasteiger partial charge in [-0.1, -0.05) is 133 Å². The summed E-state index contributed by atoms with van der Waals surface area (Å²) in [5.41, 5.74) is 17.3. The molecule has 50 heavy (non-hydrogen) atoms. The van der Waals surface area contributed by atoms with E-state index in [0.29, 0.717) is 0 Å². The van der Waals surface area contributed by atoms with Gasteiger partial charge in [-0.15, -0.1) is 0 Å². The van der Waals surface area contributed by atoms with Crippen LogP contribution in [0.2, 0.25) is 0 Å². The molecule has 2 aliphatic rings. The first-order chi connectivity index (χ1) is 24.8. The topological polar surface area (TPSA) is 13.1 Å². The molecule has 232 valence electrons. The molecule has 0 spiro atoms. The third-order valence-electron chi connectivity index (χ3n) is 10.7. The van der Waals surface area contributed by atoms with E-state index in [1.165, 1.54) is 72.1 Å². The molecule has 0 aliphatic carbocycles. The fourth-order valence-corrected chi connectivity index (χ4v) is 8.67. The SMILES string of the molecule is c1ccc(-c2cc3cccc4c3n2-c2cc(N(c3ccccc3)c3ccccc3)cc3c2B4c2cccc4cc(-c5ccccc5)n-3c24)cc1. The lowest BCUT2D eigenvalue weighted by Gasteiger charge is -2.36. The van der Waals surface area contributed by atoms with Gasteiger partial charge in [0.1, 0.15) is 0 Å². The van der Waals surface area contributed by atoms with Gasteiger partial charge in [0, 0.05) is 44.6 Å². The summed E-state index contributed by atoms with van der Waals surface area (Å²) in [5, 5.41) is 2.53. The lowest BCUT2D eigenvalue weighted by molar-refractivity contribution is 1.09. The highest BCUT2D eigenvalue weighted by Crippen LogP contribution is 2.43. The molecule has 0 saturated heterocycles. The maximum absolute atomic E-state index is 2.55. The van der Waals surface area contributed by atoms with E-state index in [4.69, 9.17) is 0 Å². The van der Waals surface area contributed by atoms with Crippen molar-refractivity contribution in [2.75, 3.05) is 4.90 Å². The third-order valence-corrected chi connectivity index (χ3v) is 10.7. The van der Waals surface area contributed by atoms with Gasteiger partial charge in [0.2, 0.25) is 0 Å². The maximum atomic E-state index is 2.55. The second-order valence-electron chi connectivity index (χ2n) is 13.4. The van der Waals surface area contributed by atoms with Crippen LogP contribution >= 0.6 is 0 Å². The first-order valence-electron chi connectivity index (χ1n) is 17.3. The molecule has 0 atom stereocenters. The second-order valence-corrected chi connectivity index (χ2v) is 13.4. The van der Waals surface area contributed by atoms with Crippen LogP contribution in [0.15, 0.2) is 182 Å². The van der Waals surface area contributed by atoms with E-state index >= 15 is 0 Å². The number of para-hydroxylation sites is 4. The van der Waals surface area contributed by atoms with Gasteiger partial charge in [-0.2, -0.15) is 0 Å². The Morgan fingerprint density at radius 3 is 1.24 bits per heavy atom. The van der Waals surface area contributed by atoms with Crippen molar-refractivity contribution >= 4 is 62.0 Å². The standard InChI is InChI=1S/C46H30BN3/c1-5-15-31(16-6-1)40-27-33-19-13-25-38-45(33)49(40)42-29-37(48(35-21-9-3-10-22-35)36-23-11-4-12-24-36)30-43-44(42)47(38)39-26-14-20-34-28-41(50(43)46(34)39)32-17-7-2-8-18-32/h1-30H.